The first-order valence-electron chi connectivity index (χ1n) is 7.18. The largest absolute Gasteiger partial charge is 0.497 e. The summed E-state index contributed by atoms with van der Waals surface area (Å²) in [6.45, 7) is 2.45. The molecule has 4 nitrogen and oxygen atoms in total. The molecule has 1 heterocycles. The summed E-state index contributed by atoms with van der Waals surface area (Å²) in [6, 6.07) is 15.1. The van der Waals surface area contributed by atoms with Crippen molar-refractivity contribution >= 4 is 16.9 Å². The van der Waals surface area contributed by atoms with Gasteiger partial charge in [-0.25, -0.2) is 0 Å². The zero-order valence-corrected chi connectivity index (χ0v) is 12.6. The van der Waals surface area contributed by atoms with E-state index in [0.29, 0.717) is 29.2 Å². The highest BCUT2D eigenvalue weighted by Crippen LogP contribution is 2.35. The van der Waals surface area contributed by atoms with E-state index in [0.717, 1.165) is 10.9 Å². The molecule has 0 atom stereocenters. The van der Waals surface area contributed by atoms with Crippen LogP contribution in [0, 0.1) is 0 Å². The molecule has 0 radical (unpaired) electrons. The van der Waals surface area contributed by atoms with Gasteiger partial charge in [-0.1, -0.05) is 30.3 Å². The Morgan fingerprint density at radius 1 is 1.18 bits per heavy atom. The lowest BCUT2D eigenvalue weighted by atomic mass is 10.0. The number of furan rings is 1. The van der Waals surface area contributed by atoms with Crippen molar-refractivity contribution in [3.63, 3.8) is 0 Å². The maximum absolute atomic E-state index is 12.5. The first kappa shape index (κ1) is 14.2. The number of ether oxygens (including phenoxy) is 1. The normalized spacial score (nSPS) is 10.6. The molecule has 1 aromatic heterocycles. The summed E-state index contributed by atoms with van der Waals surface area (Å²) in [6.07, 6.45) is 0. The van der Waals surface area contributed by atoms with Gasteiger partial charge in [-0.3, -0.25) is 4.79 Å². The summed E-state index contributed by atoms with van der Waals surface area (Å²) in [5, 5.41) is 3.60. The lowest BCUT2D eigenvalue weighted by Gasteiger charge is -2.04. The predicted molar refractivity (Wildman–Crippen MR) is 86.2 cm³/mol. The average molecular weight is 295 g/mol. The fourth-order valence-corrected chi connectivity index (χ4v) is 2.47. The Labute approximate surface area is 128 Å². The molecule has 0 aliphatic carbocycles. The Hall–Kier alpha value is -2.75. The standard InChI is InChI=1S/C18H17NO3/c1-3-19-18(20)16-14-11-13(21-2)9-10-15(14)22-17(16)12-7-5-4-6-8-12/h4-11H,3H2,1-2H3,(H,19,20). The number of nitrogens with one attached hydrogen (secondary N) is 1. The van der Waals surface area contributed by atoms with Gasteiger partial charge in [0.25, 0.3) is 5.91 Å². The summed E-state index contributed by atoms with van der Waals surface area (Å²) in [7, 11) is 1.60. The van der Waals surface area contributed by atoms with Gasteiger partial charge < -0.3 is 14.5 Å². The van der Waals surface area contributed by atoms with Gasteiger partial charge in [-0.05, 0) is 25.1 Å². The van der Waals surface area contributed by atoms with Crippen molar-refractivity contribution in [3.8, 4) is 17.1 Å². The monoisotopic (exact) mass is 295 g/mol. The van der Waals surface area contributed by atoms with E-state index in [1.54, 1.807) is 7.11 Å². The molecular formula is C18H17NO3. The van der Waals surface area contributed by atoms with E-state index in [9.17, 15) is 4.79 Å². The molecule has 0 saturated carbocycles. The van der Waals surface area contributed by atoms with Gasteiger partial charge in [0.05, 0.1) is 12.7 Å². The van der Waals surface area contributed by atoms with Crippen molar-refractivity contribution in [1.82, 2.24) is 5.32 Å². The second-order valence-corrected chi connectivity index (χ2v) is 4.89. The van der Waals surface area contributed by atoms with Crippen LogP contribution in [0.25, 0.3) is 22.3 Å². The fourth-order valence-electron chi connectivity index (χ4n) is 2.47. The van der Waals surface area contributed by atoms with E-state index in [2.05, 4.69) is 5.32 Å². The Morgan fingerprint density at radius 2 is 1.95 bits per heavy atom. The second kappa shape index (κ2) is 5.93. The lowest BCUT2D eigenvalue weighted by molar-refractivity contribution is 0.0957. The molecule has 0 aliphatic heterocycles. The minimum absolute atomic E-state index is 0.145. The first-order valence-corrected chi connectivity index (χ1v) is 7.18. The van der Waals surface area contributed by atoms with Crippen LogP contribution in [0.15, 0.2) is 52.9 Å². The maximum Gasteiger partial charge on any atom is 0.255 e. The van der Waals surface area contributed by atoms with E-state index >= 15 is 0 Å². The third-order valence-electron chi connectivity index (χ3n) is 3.50. The highest BCUT2D eigenvalue weighted by Gasteiger charge is 2.22. The Morgan fingerprint density at radius 3 is 2.64 bits per heavy atom. The molecule has 0 bridgehead atoms. The van der Waals surface area contributed by atoms with Crippen molar-refractivity contribution < 1.29 is 13.9 Å². The van der Waals surface area contributed by atoms with Crippen LogP contribution >= 0.6 is 0 Å². The van der Waals surface area contributed by atoms with Gasteiger partial charge in [0.2, 0.25) is 0 Å². The number of methoxy groups -OCH3 is 1. The second-order valence-electron chi connectivity index (χ2n) is 4.89. The summed E-state index contributed by atoms with van der Waals surface area (Å²) < 4.78 is 11.2. The summed E-state index contributed by atoms with van der Waals surface area (Å²) >= 11 is 0. The van der Waals surface area contributed by atoms with Gasteiger partial charge in [0.15, 0.2) is 0 Å². The van der Waals surface area contributed by atoms with Gasteiger partial charge in [-0.2, -0.15) is 0 Å². The van der Waals surface area contributed by atoms with Crippen molar-refractivity contribution in [2.75, 3.05) is 13.7 Å². The SMILES string of the molecule is CCNC(=O)c1c(-c2ccccc2)oc2ccc(OC)cc12. The van der Waals surface area contributed by atoms with Gasteiger partial charge in [0, 0.05) is 17.5 Å². The van der Waals surface area contributed by atoms with Gasteiger partial charge in [0.1, 0.15) is 17.1 Å². The molecule has 3 aromatic rings. The number of rotatable bonds is 4. The minimum atomic E-state index is -0.145. The number of carbonyl (C=O) groups is 1. The molecule has 112 valence electrons. The summed E-state index contributed by atoms with van der Waals surface area (Å²) in [5.41, 5.74) is 2.08. The molecule has 0 spiro atoms. The van der Waals surface area contributed by atoms with Crippen LogP contribution in [0.3, 0.4) is 0 Å². The topological polar surface area (TPSA) is 51.5 Å². The number of hydrogen-bond donors (Lipinski definition) is 1. The molecule has 1 amide bonds. The fraction of sp³-hybridized carbons (Fsp3) is 0.167. The molecule has 22 heavy (non-hydrogen) atoms. The van der Waals surface area contributed by atoms with Crippen LogP contribution in [0.2, 0.25) is 0 Å². The van der Waals surface area contributed by atoms with Crippen LogP contribution in [0.5, 0.6) is 5.75 Å². The highest BCUT2D eigenvalue weighted by atomic mass is 16.5. The van der Waals surface area contributed by atoms with E-state index in [1.807, 2.05) is 55.5 Å². The zero-order valence-electron chi connectivity index (χ0n) is 12.6. The van der Waals surface area contributed by atoms with Crippen LogP contribution < -0.4 is 10.1 Å². The predicted octanol–water partition coefficient (Wildman–Crippen LogP) is 3.86. The quantitative estimate of drug-likeness (QED) is 0.795. The van der Waals surface area contributed by atoms with Crippen LogP contribution in [-0.2, 0) is 0 Å². The molecule has 0 aliphatic rings. The number of carbonyl (C=O) groups excluding carboxylic acids is 1. The average Bonchev–Trinajstić information content (AvgIpc) is 2.94. The number of amides is 1. The Kier molecular flexibility index (Phi) is 3.83. The highest BCUT2D eigenvalue weighted by molar-refractivity contribution is 6.11. The Bertz CT molecular complexity index is 806. The van der Waals surface area contributed by atoms with Crippen molar-refractivity contribution in [2.24, 2.45) is 0 Å². The summed E-state index contributed by atoms with van der Waals surface area (Å²) in [5.74, 6) is 1.13. The van der Waals surface area contributed by atoms with E-state index in [-0.39, 0.29) is 5.91 Å². The lowest BCUT2D eigenvalue weighted by Crippen LogP contribution is -2.22. The van der Waals surface area contributed by atoms with Crippen LogP contribution in [0.4, 0.5) is 0 Å². The van der Waals surface area contributed by atoms with Gasteiger partial charge in [-0.15, -0.1) is 0 Å². The third kappa shape index (κ3) is 2.44. The van der Waals surface area contributed by atoms with E-state index in [4.69, 9.17) is 9.15 Å². The molecule has 0 saturated heterocycles. The third-order valence-corrected chi connectivity index (χ3v) is 3.50. The Balaban J connectivity index is 2.26. The molecule has 3 rings (SSSR count). The van der Waals surface area contributed by atoms with Crippen molar-refractivity contribution in [1.29, 1.82) is 0 Å². The number of fused-ring (bicyclic) bond motifs is 1. The smallest absolute Gasteiger partial charge is 0.255 e. The molecule has 4 heteroatoms. The molecule has 1 N–H and O–H groups in total. The minimum Gasteiger partial charge on any atom is -0.497 e. The van der Waals surface area contributed by atoms with Crippen LogP contribution in [0.1, 0.15) is 17.3 Å². The van der Waals surface area contributed by atoms with Crippen LogP contribution in [-0.4, -0.2) is 19.6 Å². The number of hydrogen-bond acceptors (Lipinski definition) is 3. The first-order chi connectivity index (χ1) is 10.7. The van der Waals surface area contributed by atoms with E-state index < -0.39 is 0 Å². The van der Waals surface area contributed by atoms with Gasteiger partial charge >= 0.3 is 0 Å². The molecule has 0 unspecified atom stereocenters. The molecule has 2 aromatic carbocycles. The zero-order chi connectivity index (χ0) is 15.5. The van der Waals surface area contributed by atoms with E-state index in [1.165, 1.54) is 0 Å². The molecular weight excluding hydrogens is 278 g/mol. The number of benzene rings is 2. The summed E-state index contributed by atoms with van der Waals surface area (Å²) in [4.78, 5) is 12.5. The van der Waals surface area contributed by atoms with Crippen molar-refractivity contribution in [3.05, 3.63) is 54.1 Å². The maximum atomic E-state index is 12.5. The molecule has 0 fully saturated rings. The van der Waals surface area contributed by atoms with Crippen molar-refractivity contribution in [2.45, 2.75) is 6.92 Å².